The second-order valence-corrected chi connectivity index (χ2v) is 3.93. The van der Waals surface area contributed by atoms with Crippen LogP contribution in [0.5, 0.6) is 0 Å². The molecule has 1 aromatic rings. The van der Waals surface area contributed by atoms with Crippen LogP contribution in [0.2, 0.25) is 0 Å². The third-order valence-corrected chi connectivity index (χ3v) is 2.57. The van der Waals surface area contributed by atoms with Crippen LogP contribution in [0.3, 0.4) is 0 Å². The van der Waals surface area contributed by atoms with Gasteiger partial charge in [0.1, 0.15) is 0 Å². The minimum atomic E-state index is -0.0711. The normalized spacial score (nSPS) is 21.7. The standard InChI is InChI=1S/C9H15N5O/c1-13-6-8(11-12-13)9(15)14-4-2-3-7(10)5-14/h6-7H,2-5,10H2,1H3/t7-/m0/s1. The van der Waals surface area contributed by atoms with Crippen molar-refractivity contribution in [2.24, 2.45) is 12.8 Å². The van der Waals surface area contributed by atoms with Crippen LogP contribution in [0.15, 0.2) is 6.20 Å². The molecule has 2 N–H and O–H groups in total. The van der Waals surface area contributed by atoms with Crippen molar-refractivity contribution >= 4 is 5.91 Å². The fourth-order valence-electron chi connectivity index (χ4n) is 1.80. The van der Waals surface area contributed by atoms with Gasteiger partial charge in [-0.1, -0.05) is 5.21 Å². The number of rotatable bonds is 1. The van der Waals surface area contributed by atoms with Gasteiger partial charge in [-0.3, -0.25) is 9.48 Å². The minimum Gasteiger partial charge on any atom is -0.336 e. The third-order valence-electron chi connectivity index (χ3n) is 2.57. The molecule has 6 nitrogen and oxygen atoms in total. The van der Waals surface area contributed by atoms with Crippen molar-refractivity contribution in [3.05, 3.63) is 11.9 Å². The Morgan fingerprint density at radius 2 is 2.47 bits per heavy atom. The lowest BCUT2D eigenvalue weighted by Crippen LogP contribution is -2.45. The smallest absolute Gasteiger partial charge is 0.276 e. The van der Waals surface area contributed by atoms with Gasteiger partial charge in [0.25, 0.3) is 5.91 Å². The Labute approximate surface area is 88.0 Å². The Kier molecular flexibility index (Phi) is 2.68. The highest BCUT2D eigenvalue weighted by atomic mass is 16.2. The summed E-state index contributed by atoms with van der Waals surface area (Å²) >= 11 is 0. The predicted molar refractivity (Wildman–Crippen MR) is 54.1 cm³/mol. The molecule has 2 heterocycles. The molecule has 0 radical (unpaired) electrons. The zero-order chi connectivity index (χ0) is 10.8. The van der Waals surface area contributed by atoms with Crippen molar-refractivity contribution in [2.75, 3.05) is 13.1 Å². The largest absolute Gasteiger partial charge is 0.336 e. The number of amides is 1. The van der Waals surface area contributed by atoms with Crippen LogP contribution < -0.4 is 5.73 Å². The Hall–Kier alpha value is -1.43. The Bertz CT molecular complexity index is 361. The van der Waals surface area contributed by atoms with E-state index in [1.165, 1.54) is 4.68 Å². The number of aromatic nitrogens is 3. The molecular formula is C9H15N5O. The molecule has 1 fully saturated rings. The number of hydrogen-bond acceptors (Lipinski definition) is 4. The quantitative estimate of drug-likeness (QED) is 0.668. The van der Waals surface area contributed by atoms with Crippen molar-refractivity contribution in [2.45, 2.75) is 18.9 Å². The molecule has 0 aromatic carbocycles. The minimum absolute atomic E-state index is 0.0711. The van der Waals surface area contributed by atoms with E-state index in [9.17, 15) is 4.79 Å². The second kappa shape index (κ2) is 3.98. The van der Waals surface area contributed by atoms with Crippen LogP contribution in [-0.4, -0.2) is 44.9 Å². The van der Waals surface area contributed by atoms with Crippen molar-refractivity contribution in [3.63, 3.8) is 0 Å². The lowest BCUT2D eigenvalue weighted by molar-refractivity contribution is 0.0702. The SMILES string of the molecule is Cn1cc(C(=O)N2CCC[C@H](N)C2)nn1. The molecular weight excluding hydrogens is 194 g/mol. The fourth-order valence-corrected chi connectivity index (χ4v) is 1.80. The van der Waals surface area contributed by atoms with Crippen molar-refractivity contribution < 1.29 is 4.79 Å². The topological polar surface area (TPSA) is 77.0 Å². The first kappa shape index (κ1) is 10.1. The first-order valence-electron chi connectivity index (χ1n) is 5.08. The summed E-state index contributed by atoms with van der Waals surface area (Å²) in [5.41, 5.74) is 6.21. The highest BCUT2D eigenvalue weighted by molar-refractivity contribution is 5.92. The van der Waals surface area contributed by atoms with Gasteiger partial charge in [0, 0.05) is 26.2 Å². The number of piperidine rings is 1. The van der Waals surface area contributed by atoms with Gasteiger partial charge in [-0.25, -0.2) is 0 Å². The van der Waals surface area contributed by atoms with E-state index in [1.54, 1.807) is 18.1 Å². The number of carbonyl (C=O) groups excluding carboxylic acids is 1. The number of aryl methyl sites for hydroxylation is 1. The number of carbonyl (C=O) groups is 1. The summed E-state index contributed by atoms with van der Waals surface area (Å²) < 4.78 is 1.52. The monoisotopic (exact) mass is 209 g/mol. The zero-order valence-electron chi connectivity index (χ0n) is 8.76. The Balaban J connectivity index is 2.07. The van der Waals surface area contributed by atoms with Gasteiger partial charge in [0.15, 0.2) is 5.69 Å². The Morgan fingerprint density at radius 3 is 3.07 bits per heavy atom. The van der Waals surface area contributed by atoms with E-state index in [0.29, 0.717) is 12.2 Å². The highest BCUT2D eigenvalue weighted by Crippen LogP contribution is 2.10. The molecule has 0 spiro atoms. The summed E-state index contributed by atoms with van der Waals surface area (Å²) in [7, 11) is 1.74. The number of nitrogens with two attached hydrogens (primary N) is 1. The van der Waals surface area contributed by atoms with E-state index < -0.39 is 0 Å². The highest BCUT2D eigenvalue weighted by Gasteiger charge is 2.23. The van der Waals surface area contributed by atoms with E-state index in [-0.39, 0.29) is 11.9 Å². The summed E-state index contributed by atoms with van der Waals surface area (Å²) in [5.74, 6) is -0.0711. The molecule has 0 saturated carbocycles. The van der Waals surface area contributed by atoms with Crippen LogP contribution >= 0.6 is 0 Å². The predicted octanol–water partition coefficient (Wildman–Crippen LogP) is -0.622. The lowest BCUT2D eigenvalue weighted by atomic mass is 10.1. The van der Waals surface area contributed by atoms with Gasteiger partial charge in [-0.2, -0.15) is 0 Å². The average molecular weight is 209 g/mol. The maximum atomic E-state index is 11.9. The van der Waals surface area contributed by atoms with E-state index in [2.05, 4.69) is 10.3 Å². The van der Waals surface area contributed by atoms with Gasteiger partial charge >= 0.3 is 0 Å². The molecule has 6 heteroatoms. The van der Waals surface area contributed by atoms with Crippen molar-refractivity contribution in [1.82, 2.24) is 19.9 Å². The molecule has 0 aliphatic carbocycles. The summed E-state index contributed by atoms with van der Waals surface area (Å²) in [6, 6.07) is 0.0966. The summed E-state index contributed by atoms with van der Waals surface area (Å²) in [4.78, 5) is 13.7. The summed E-state index contributed by atoms with van der Waals surface area (Å²) in [6.45, 7) is 1.39. The molecule has 1 aliphatic rings. The maximum absolute atomic E-state index is 11.9. The van der Waals surface area contributed by atoms with E-state index in [0.717, 1.165) is 19.4 Å². The van der Waals surface area contributed by atoms with E-state index >= 15 is 0 Å². The van der Waals surface area contributed by atoms with Gasteiger partial charge in [-0.15, -0.1) is 5.10 Å². The van der Waals surface area contributed by atoms with E-state index in [4.69, 9.17) is 5.73 Å². The van der Waals surface area contributed by atoms with Gasteiger partial charge < -0.3 is 10.6 Å². The molecule has 1 saturated heterocycles. The van der Waals surface area contributed by atoms with Crippen LogP contribution in [0.4, 0.5) is 0 Å². The van der Waals surface area contributed by atoms with Gasteiger partial charge in [0.05, 0.1) is 6.20 Å². The first-order chi connectivity index (χ1) is 7.16. The third kappa shape index (κ3) is 2.15. The molecule has 15 heavy (non-hydrogen) atoms. The molecule has 0 bridgehead atoms. The van der Waals surface area contributed by atoms with Crippen molar-refractivity contribution in [1.29, 1.82) is 0 Å². The maximum Gasteiger partial charge on any atom is 0.276 e. The summed E-state index contributed by atoms with van der Waals surface area (Å²) in [5, 5.41) is 7.54. The molecule has 82 valence electrons. The molecule has 2 rings (SSSR count). The Morgan fingerprint density at radius 1 is 1.67 bits per heavy atom. The van der Waals surface area contributed by atoms with Gasteiger partial charge in [0.2, 0.25) is 0 Å². The summed E-state index contributed by atoms with van der Waals surface area (Å²) in [6.07, 6.45) is 3.58. The second-order valence-electron chi connectivity index (χ2n) is 3.93. The molecule has 1 amide bonds. The zero-order valence-corrected chi connectivity index (χ0v) is 8.76. The van der Waals surface area contributed by atoms with Gasteiger partial charge in [-0.05, 0) is 12.8 Å². The molecule has 1 atom stereocenters. The first-order valence-corrected chi connectivity index (χ1v) is 5.08. The van der Waals surface area contributed by atoms with Crippen LogP contribution in [-0.2, 0) is 7.05 Å². The molecule has 0 unspecified atom stereocenters. The van der Waals surface area contributed by atoms with Crippen LogP contribution in [0.1, 0.15) is 23.3 Å². The molecule has 1 aromatic heterocycles. The van der Waals surface area contributed by atoms with Crippen LogP contribution in [0, 0.1) is 0 Å². The number of hydrogen-bond donors (Lipinski definition) is 1. The van der Waals surface area contributed by atoms with Crippen molar-refractivity contribution in [3.8, 4) is 0 Å². The van der Waals surface area contributed by atoms with E-state index in [1.807, 2.05) is 0 Å². The number of nitrogens with zero attached hydrogens (tertiary/aromatic N) is 4. The average Bonchev–Trinajstić information content (AvgIpc) is 2.64. The van der Waals surface area contributed by atoms with Crippen LogP contribution in [0.25, 0.3) is 0 Å². The molecule has 1 aliphatic heterocycles. The lowest BCUT2D eigenvalue weighted by Gasteiger charge is -2.29. The number of likely N-dealkylation sites (tertiary alicyclic amines) is 1. The fraction of sp³-hybridized carbons (Fsp3) is 0.667.